The van der Waals surface area contributed by atoms with Crippen LogP contribution in [0.3, 0.4) is 0 Å². The van der Waals surface area contributed by atoms with Crippen LogP contribution in [0.15, 0.2) is 40.2 Å². The number of amides is 1. The number of hydrazone groups is 1. The van der Waals surface area contributed by atoms with Crippen molar-refractivity contribution in [2.45, 2.75) is 0 Å². The molecule has 0 aliphatic heterocycles. The molecule has 0 unspecified atom stereocenters. The van der Waals surface area contributed by atoms with E-state index in [4.69, 9.17) is 16.3 Å². The summed E-state index contributed by atoms with van der Waals surface area (Å²) < 4.78 is 5.67. The number of methoxy groups -OCH3 is 1. The minimum absolute atomic E-state index is 0.128. The number of ether oxygens (including phenoxy) is 1. The number of aromatic nitrogens is 1. The van der Waals surface area contributed by atoms with Crippen LogP contribution < -0.4 is 10.2 Å². The summed E-state index contributed by atoms with van der Waals surface area (Å²) in [6, 6.07) is 4.66. The summed E-state index contributed by atoms with van der Waals surface area (Å²) >= 11 is 9.09. The summed E-state index contributed by atoms with van der Waals surface area (Å²) in [5.41, 5.74) is 3.30. The first-order valence-corrected chi connectivity index (χ1v) is 7.19. The average Bonchev–Trinajstić information content (AvgIpc) is 2.50. The molecule has 0 spiro atoms. The van der Waals surface area contributed by atoms with Gasteiger partial charge in [0.25, 0.3) is 5.91 Å². The van der Waals surface area contributed by atoms with Crippen LogP contribution in [0.2, 0.25) is 5.02 Å². The molecule has 1 heterocycles. The van der Waals surface area contributed by atoms with Gasteiger partial charge in [0.05, 0.1) is 23.9 Å². The van der Waals surface area contributed by atoms with Crippen LogP contribution in [0.5, 0.6) is 11.5 Å². The number of carbonyl (C=O) groups is 1. The Morgan fingerprint density at radius 2 is 2.23 bits per heavy atom. The van der Waals surface area contributed by atoms with E-state index in [-0.39, 0.29) is 16.5 Å². The third-order valence-electron chi connectivity index (χ3n) is 2.62. The summed E-state index contributed by atoms with van der Waals surface area (Å²) in [5.74, 6) is -0.330. The zero-order valence-corrected chi connectivity index (χ0v) is 13.7. The molecule has 22 heavy (non-hydrogen) atoms. The highest BCUT2D eigenvalue weighted by molar-refractivity contribution is 9.10. The van der Waals surface area contributed by atoms with Crippen molar-refractivity contribution in [1.29, 1.82) is 0 Å². The second-order valence-electron chi connectivity index (χ2n) is 4.14. The van der Waals surface area contributed by atoms with Gasteiger partial charge in [-0.25, -0.2) is 5.43 Å². The van der Waals surface area contributed by atoms with Crippen LogP contribution in [-0.2, 0) is 0 Å². The minimum Gasteiger partial charge on any atom is -0.503 e. The molecule has 0 fully saturated rings. The number of nitrogens with one attached hydrogen (secondary N) is 1. The monoisotopic (exact) mass is 383 g/mol. The molecule has 1 aromatic carbocycles. The van der Waals surface area contributed by atoms with E-state index in [9.17, 15) is 9.90 Å². The Labute approximate surface area is 139 Å². The van der Waals surface area contributed by atoms with E-state index in [1.165, 1.54) is 31.7 Å². The van der Waals surface area contributed by atoms with E-state index in [1.807, 2.05) is 0 Å². The average molecular weight is 385 g/mol. The van der Waals surface area contributed by atoms with Gasteiger partial charge in [-0.1, -0.05) is 11.6 Å². The number of halogens is 2. The topological polar surface area (TPSA) is 83.8 Å². The quantitative estimate of drug-likeness (QED) is 0.627. The van der Waals surface area contributed by atoms with Crippen LogP contribution in [0.4, 0.5) is 0 Å². The Morgan fingerprint density at radius 1 is 1.45 bits per heavy atom. The van der Waals surface area contributed by atoms with Gasteiger partial charge in [-0.15, -0.1) is 0 Å². The van der Waals surface area contributed by atoms with Crippen molar-refractivity contribution in [2.75, 3.05) is 7.11 Å². The Balaban J connectivity index is 2.10. The molecule has 0 saturated carbocycles. The molecule has 114 valence electrons. The highest BCUT2D eigenvalue weighted by atomic mass is 79.9. The lowest BCUT2D eigenvalue weighted by atomic mass is 10.2. The fourth-order valence-electron chi connectivity index (χ4n) is 1.59. The van der Waals surface area contributed by atoms with Gasteiger partial charge in [-0.2, -0.15) is 5.10 Å². The molecule has 1 amide bonds. The van der Waals surface area contributed by atoms with E-state index >= 15 is 0 Å². The van der Waals surface area contributed by atoms with Gasteiger partial charge < -0.3 is 9.84 Å². The molecule has 1 aromatic heterocycles. The zero-order valence-electron chi connectivity index (χ0n) is 11.4. The van der Waals surface area contributed by atoms with Crippen molar-refractivity contribution < 1.29 is 14.6 Å². The highest BCUT2D eigenvalue weighted by Gasteiger charge is 2.08. The summed E-state index contributed by atoms with van der Waals surface area (Å²) in [7, 11) is 1.41. The maximum Gasteiger partial charge on any atom is 0.272 e. The molecular formula is C14H11BrClN3O3. The van der Waals surface area contributed by atoms with E-state index in [0.29, 0.717) is 15.6 Å². The van der Waals surface area contributed by atoms with Crippen LogP contribution in [0.25, 0.3) is 0 Å². The van der Waals surface area contributed by atoms with E-state index in [0.717, 1.165) is 0 Å². The van der Waals surface area contributed by atoms with Gasteiger partial charge >= 0.3 is 0 Å². The molecule has 0 aliphatic rings. The van der Waals surface area contributed by atoms with Gasteiger partial charge in [-0.3, -0.25) is 9.78 Å². The Morgan fingerprint density at radius 3 is 2.91 bits per heavy atom. The van der Waals surface area contributed by atoms with Crippen LogP contribution in [0.1, 0.15) is 15.9 Å². The molecule has 0 bridgehead atoms. The number of pyridine rings is 1. The number of phenols is 1. The molecule has 0 radical (unpaired) electrons. The predicted octanol–water partition coefficient (Wildman–Crippen LogP) is 2.98. The smallest absolute Gasteiger partial charge is 0.272 e. The number of carbonyl (C=O) groups excluding carboxylic acids is 1. The van der Waals surface area contributed by atoms with Crippen LogP contribution >= 0.6 is 27.5 Å². The van der Waals surface area contributed by atoms with Crippen LogP contribution in [-0.4, -0.2) is 29.3 Å². The number of aromatic hydroxyl groups is 1. The standard InChI is InChI=1S/C14H11BrClN3O3/c1-22-12-3-8(2-11(16)13(12)20)5-18-19-14(21)9-4-10(15)7-17-6-9/h2-7,20H,1H3,(H,19,21)/b18-5+. The second kappa shape index (κ2) is 7.24. The van der Waals surface area contributed by atoms with Crippen molar-refractivity contribution >= 4 is 39.7 Å². The lowest BCUT2D eigenvalue weighted by Crippen LogP contribution is -2.17. The predicted molar refractivity (Wildman–Crippen MR) is 86.7 cm³/mol. The number of nitrogens with zero attached hydrogens (tertiary/aromatic N) is 2. The molecule has 2 aromatic rings. The molecule has 0 aliphatic carbocycles. The Kier molecular flexibility index (Phi) is 5.35. The third-order valence-corrected chi connectivity index (χ3v) is 3.34. The number of hydrogen-bond acceptors (Lipinski definition) is 5. The van der Waals surface area contributed by atoms with Gasteiger partial charge in [0, 0.05) is 16.9 Å². The molecule has 2 N–H and O–H groups in total. The number of benzene rings is 1. The largest absolute Gasteiger partial charge is 0.503 e. The van der Waals surface area contributed by atoms with Crippen molar-refractivity contribution in [3.8, 4) is 11.5 Å². The molecule has 6 nitrogen and oxygen atoms in total. The Hall–Kier alpha value is -2.12. The van der Waals surface area contributed by atoms with Gasteiger partial charge in [0.1, 0.15) is 0 Å². The number of rotatable bonds is 4. The first-order chi connectivity index (χ1) is 10.5. The zero-order chi connectivity index (χ0) is 16.1. The summed E-state index contributed by atoms with van der Waals surface area (Å²) in [5, 5.41) is 13.6. The van der Waals surface area contributed by atoms with Crippen LogP contribution in [0, 0.1) is 0 Å². The lowest BCUT2D eigenvalue weighted by molar-refractivity contribution is 0.0954. The summed E-state index contributed by atoms with van der Waals surface area (Å²) in [4.78, 5) is 15.7. The van der Waals surface area contributed by atoms with Gasteiger partial charge in [-0.05, 0) is 39.7 Å². The van der Waals surface area contributed by atoms with Gasteiger partial charge in [0.2, 0.25) is 0 Å². The summed E-state index contributed by atoms with van der Waals surface area (Å²) in [6.45, 7) is 0. The molecule has 0 atom stereocenters. The van der Waals surface area contributed by atoms with E-state index in [2.05, 4.69) is 31.4 Å². The maximum absolute atomic E-state index is 11.9. The third kappa shape index (κ3) is 3.96. The highest BCUT2D eigenvalue weighted by Crippen LogP contribution is 2.34. The fraction of sp³-hybridized carbons (Fsp3) is 0.0714. The number of hydrogen-bond donors (Lipinski definition) is 2. The first kappa shape index (κ1) is 16.3. The second-order valence-corrected chi connectivity index (χ2v) is 5.47. The summed E-state index contributed by atoms with van der Waals surface area (Å²) in [6.07, 6.45) is 4.39. The Bertz CT molecular complexity index is 737. The van der Waals surface area contributed by atoms with Crippen molar-refractivity contribution in [1.82, 2.24) is 10.4 Å². The number of phenolic OH excluding ortho intramolecular Hbond substituents is 1. The lowest BCUT2D eigenvalue weighted by Gasteiger charge is -2.06. The first-order valence-electron chi connectivity index (χ1n) is 6.01. The fourth-order valence-corrected chi connectivity index (χ4v) is 2.17. The minimum atomic E-state index is -0.401. The SMILES string of the molecule is COc1cc(/C=N/NC(=O)c2cncc(Br)c2)cc(Cl)c1O. The van der Waals surface area contributed by atoms with Crippen molar-refractivity contribution in [3.05, 3.63) is 51.2 Å². The van der Waals surface area contributed by atoms with E-state index in [1.54, 1.807) is 12.3 Å². The van der Waals surface area contributed by atoms with Gasteiger partial charge in [0.15, 0.2) is 11.5 Å². The molecule has 8 heteroatoms. The van der Waals surface area contributed by atoms with E-state index < -0.39 is 5.91 Å². The van der Waals surface area contributed by atoms with Crippen molar-refractivity contribution in [3.63, 3.8) is 0 Å². The molecule has 0 saturated heterocycles. The molecule has 2 rings (SSSR count). The maximum atomic E-state index is 11.9. The van der Waals surface area contributed by atoms with Crippen molar-refractivity contribution in [2.24, 2.45) is 5.10 Å². The normalized spacial score (nSPS) is 10.7. The molecular weight excluding hydrogens is 374 g/mol.